The van der Waals surface area contributed by atoms with E-state index in [1.54, 1.807) is 19.2 Å². The summed E-state index contributed by atoms with van der Waals surface area (Å²) in [6, 6.07) is 24.6. The third kappa shape index (κ3) is 4.06. The number of hydrogen-bond acceptors (Lipinski definition) is 4. The van der Waals surface area contributed by atoms with Crippen molar-refractivity contribution >= 4 is 24.7 Å². The molecule has 0 bridgehead atoms. The van der Waals surface area contributed by atoms with Gasteiger partial charge in [-0.2, -0.15) is 0 Å². The van der Waals surface area contributed by atoms with E-state index in [2.05, 4.69) is 16.7 Å². The first-order valence-electron chi connectivity index (χ1n) is 9.98. The molecule has 0 aliphatic carbocycles. The van der Waals surface area contributed by atoms with Gasteiger partial charge < -0.3 is 15.0 Å². The third-order valence-electron chi connectivity index (χ3n) is 5.05. The van der Waals surface area contributed by atoms with Gasteiger partial charge in [0, 0.05) is 30.1 Å². The van der Waals surface area contributed by atoms with Gasteiger partial charge in [0.15, 0.2) is 0 Å². The average Bonchev–Trinajstić information content (AvgIpc) is 3.24. The van der Waals surface area contributed by atoms with Crippen molar-refractivity contribution in [1.29, 1.82) is 0 Å². The molecule has 2 N–H and O–H groups in total. The number of ether oxygens (including phenoxy) is 1. The maximum absolute atomic E-state index is 11.3. The van der Waals surface area contributed by atoms with Crippen molar-refractivity contribution < 1.29 is 9.53 Å². The standard InChI is InChI=1S/C26H22N4O2/c1-28-25(27)24-23(16-30(26(24)29-2)20-8-6-7-18(15-20)17-31)19-11-13-22(14-12-19)32-21-9-4-3-5-10-21/h3-17H,2H2,1H3,(H2,27,28). The number of aliphatic imine (C=N–C) groups is 2. The molecule has 0 saturated heterocycles. The van der Waals surface area contributed by atoms with Gasteiger partial charge in [-0.15, -0.1) is 0 Å². The summed E-state index contributed by atoms with van der Waals surface area (Å²) in [5.74, 6) is 2.38. The normalized spacial score (nSPS) is 11.2. The molecule has 0 fully saturated rings. The Hall–Kier alpha value is -4.45. The highest BCUT2D eigenvalue weighted by Crippen LogP contribution is 2.36. The largest absolute Gasteiger partial charge is 0.457 e. The lowest BCUT2D eigenvalue weighted by Gasteiger charge is -2.08. The lowest BCUT2D eigenvalue weighted by atomic mass is 10.0. The fourth-order valence-electron chi connectivity index (χ4n) is 3.51. The van der Waals surface area contributed by atoms with Crippen molar-refractivity contribution in [3.63, 3.8) is 0 Å². The van der Waals surface area contributed by atoms with E-state index in [4.69, 9.17) is 10.5 Å². The molecule has 0 aliphatic heterocycles. The van der Waals surface area contributed by atoms with Crippen LogP contribution in [0.2, 0.25) is 0 Å². The monoisotopic (exact) mass is 422 g/mol. The van der Waals surface area contributed by atoms with Crippen LogP contribution < -0.4 is 10.5 Å². The Morgan fingerprint density at radius 2 is 1.72 bits per heavy atom. The molecule has 0 atom stereocenters. The van der Waals surface area contributed by atoms with Crippen LogP contribution in [0.4, 0.5) is 5.82 Å². The predicted molar refractivity (Wildman–Crippen MR) is 129 cm³/mol. The highest BCUT2D eigenvalue weighted by molar-refractivity contribution is 6.08. The molecular weight excluding hydrogens is 400 g/mol. The molecule has 158 valence electrons. The van der Waals surface area contributed by atoms with Gasteiger partial charge in [0.25, 0.3) is 0 Å². The van der Waals surface area contributed by atoms with Gasteiger partial charge in [0.2, 0.25) is 0 Å². The summed E-state index contributed by atoms with van der Waals surface area (Å²) in [4.78, 5) is 19.7. The van der Waals surface area contributed by atoms with E-state index in [1.165, 1.54) is 0 Å². The number of aromatic nitrogens is 1. The summed E-state index contributed by atoms with van der Waals surface area (Å²) in [5.41, 5.74) is 10.0. The highest BCUT2D eigenvalue weighted by atomic mass is 16.5. The quantitative estimate of drug-likeness (QED) is 0.245. The minimum atomic E-state index is 0.345. The molecule has 32 heavy (non-hydrogen) atoms. The fraction of sp³-hybridized carbons (Fsp3) is 0.0385. The molecule has 6 nitrogen and oxygen atoms in total. The molecule has 0 spiro atoms. The Morgan fingerprint density at radius 1 is 1.00 bits per heavy atom. The summed E-state index contributed by atoms with van der Waals surface area (Å²) in [5, 5.41) is 0. The van der Waals surface area contributed by atoms with Crippen LogP contribution in [-0.4, -0.2) is 30.5 Å². The number of hydrogen-bond donors (Lipinski definition) is 1. The lowest BCUT2D eigenvalue weighted by Crippen LogP contribution is -2.13. The molecule has 4 rings (SSSR count). The Morgan fingerprint density at radius 3 is 2.38 bits per heavy atom. The summed E-state index contributed by atoms with van der Waals surface area (Å²) in [7, 11) is 1.63. The first kappa shape index (κ1) is 20.8. The highest BCUT2D eigenvalue weighted by Gasteiger charge is 2.20. The van der Waals surface area contributed by atoms with Gasteiger partial charge in [0.05, 0.1) is 5.56 Å². The molecule has 0 unspecified atom stereocenters. The molecule has 0 saturated carbocycles. The molecule has 4 aromatic rings. The number of para-hydroxylation sites is 1. The van der Waals surface area contributed by atoms with Crippen LogP contribution in [0.5, 0.6) is 11.5 Å². The van der Waals surface area contributed by atoms with Crippen molar-refractivity contribution in [2.75, 3.05) is 7.05 Å². The van der Waals surface area contributed by atoms with Crippen LogP contribution >= 0.6 is 0 Å². The molecule has 0 radical (unpaired) electrons. The maximum Gasteiger partial charge on any atom is 0.150 e. The number of carbonyl (C=O) groups excluding carboxylic acids is 1. The summed E-state index contributed by atoms with van der Waals surface area (Å²) in [6.07, 6.45) is 2.73. The predicted octanol–water partition coefficient (Wildman–Crippen LogP) is 5.42. The molecule has 0 aliphatic rings. The molecular formula is C26H22N4O2. The van der Waals surface area contributed by atoms with E-state index in [9.17, 15) is 4.79 Å². The summed E-state index contributed by atoms with van der Waals surface area (Å²) in [6.45, 7) is 3.73. The second kappa shape index (κ2) is 9.14. The van der Waals surface area contributed by atoms with E-state index in [-0.39, 0.29) is 0 Å². The molecule has 0 amide bonds. The number of benzene rings is 3. The summed E-state index contributed by atoms with van der Waals surface area (Å²) < 4.78 is 7.76. The third-order valence-corrected chi connectivity index (χ3v) is 5.05. The van der Waals surface area contributed by atoms with Crippen molar-refractivity contribution in [2.45, 2.75) is 0 Å². The minimum Gasteiger partial charge on any atom is -0.457 e. The first-order valence-corrected chi connectivity index (χ1v) is 9.98. The van der Waals surface area contributed by atoms with Crippen LogP contribution in [0.15, 0.2) is 95.0 Å². The van der Waals surface area contributed by atoms with Gasteiger partial charge in [-0.05, 0) is 48.7 Å². The number of nitrogens with two attached hydrogens (primary N) is 1. The zero-order valence-electron chi connectivity index (χ0n) is 17.6. The average molecular weight is 422 g/mol. The number of aldehydes is 1. The SMILES string of the molecule is C=Nc1c(C(N)=NC)c(-c2ccc(Oc3ccccc3)cc2)cn1-c1cccc(C=O)c1. The van der Waals surface area contributed by atoms with Gasteiger partial charge in [-0.3, -0.25) is 9.79 Å². The molecule has 1 aromatic heterocycles. The first-order chi connectivity index (χ1) is 15.6. The molecule has 3 aromatic carbocycles. The fourth-order valence-corrected chi connectivity index (χ4v) is 3.51. The second-order valence-electron chi connectivity index (χ2n) is 7.03. The van der Waals surface area contributed by atoms with Crippen LogP contribution in [0.3, 0.4) is 0 Å². The Kier molecular flexibility index (Phi) is 5.94. The van der Waals surface area contributed by atoms with Crippen LogP contribution in [-0.2, 0) is 0 Å². The van der Waals surface area contributed by atoms with Gasteiger partial charge in [0.1, 0.15) is 29.4 Å². The van der Waals surface area contributed by atoms with Gasteiger partial charge >= 0.3 is 0 Å². The summed E-state index contributed by atoms with van der Waals surface area (Å²) >= 11 is 0. The number of nitrogens with zero attached hydrogens (tertiary/aromatic N) is 3. The van der Waals surface area contributed by atoms with E-state index in [0.29, 0.717) is 22.8 Å². The van der Waals surface area contributed by atoms with Crippen molar-refractivity contribution in [3.05, 3.63) is 96.2 Å². The van der Waals surface area contributed by atoms with Crippen molar-refractivity contribution in [2.24, 2.45) is 15.7 Å². The minimum absolute atomic E-state index is 0.345. The second-order valence-corrected chi connectivity index (χ2v) is 7.03. The Bertz CT molecular complexity index is 1290. The zero-order chi connectivity index (χ0) is 22.5. The van der Waals surface area contributed by atoms with Crippen LogP contribution in [0, 0.1) is 0 Å². The topological polar surface area (TPSA) is 82.0 Å². The Balaban J connectivity index is 1.80. The van der Waals surface area contributed by atoms with E-state index in [0.717, 1.165) is 34.6 Å². The Labute approximate surface area is 186 Å². The number of amidine groups is 1. The van der Waals surface area contributed by atoms with Crippen LogP contribution in [0.1, 0.15) is 15.9 Å². The smallest absolute Gasteiger partial charge is 0.150 e. The number of carbonyl (C=O) groups is 1. The van der Waals surface area contributed by atoms with Crippen LogP contribution in [0.25, 0.3) is 16.8 Å². The van der Waals surface area contributed by atoms with E-state index < -0.39 is 0 Å². The number of rotatable bonds is 7. The molecule has 6 heteroatoms. The zero-order valence-corrected chi connectivity index (χ0v) is 17.6. The van der Waals surface area contributed by atoms with Gasteiger partial charge in [-0.25, -0.2) is 4.99 Å². The van der Waals surface area contributed by atoms with E-state index >= 15 is 0 Å². The lowest BCUT2D eigenvalue weighted by molar-refractivity contribution is 0.112. The van der Waals surface area contributed by atoms with Crippen molar-refractivity contribution in [3.8, 4) is 28.3 Å². The van der Waals surface area contributed by atoms with Gasteiger partial charge in [-0.1, -0.05) is 42.5 Å². The molecule has 1 heterocycles. The van der Waals surface area contributed by atoms with E-state index in [1.807, 2.05) is 77.5 Å². The van der Waals surface area contributed by atoms with Crippen molar-refractivity contribution in [1.82, 2.24) is 4.57 Å². The maximum atomic E-state index is 11.3.